The summed E-state index contributed by atoms with van der Waals surface area (Å²) in [7, 11) is 0. The van der Waals surface area contributed by atoms with E-state index < -0.39 is 11.7 Å². The smallest absolute Gasteiger partial charge is 0.362 e. The molecule has 0 fully saturated rings. The summed E-state index contributed by atoms with van der Waals surface area (Å²) in [6, 6.07) is 5.29. The van der Waals surface area contributed by atoms with Crippen LogP contribution in [0.25, 0.3) is 0 Å². The van der Waals surface area contributed by atoms with Crippen LogP contribution in [0.4, 0.5) is 13.2 Å². The van der Waals surface area contributed by atoms with E-state index in [1.807, 2.05) is 6.08 Å². The number of hydrogen-bond acceptors (Lipinski definition) is 2. The van der Waals surface area contributed by atoms with Crippen LogP contribution in [-0.2, 0) is 11.0 Å². The van der Waals surface area contributed by atoms with Crippen LogP contribution in [0.2, 0.25) is 0 Å². The van der Waals surface area contributed by atoms with Gasteiger partial charge >= 0.3 is 6.18 Å². The highest BCUT2D eigenvalue weighted by Gasteiger charge is 2.32. The quantitative estimate of drug-likeness (QED) is 0.584. The van der Waals surface area contributed by atoms with Crippen LogP contribution in [-0.4, -0.2) is 6.21 Å². The van der Waals surface area contributed by atoms with E-state index in [9.17, 15) is 13.2 Å². The minimum absolute atomic E-state index is 0.00593. The molecule has 0 N–H and O–H groups in total. The number of nitrogens with zero attached hydrogens (tertiary/aromatic N) is 1. The second-order valence-corrected chi connectivity index (χ2v) is 4.33. The van der Waals surface area contributed by atoms with Gasteiger partial charge in [-0.2, -0.15) is 13.2 Å². The van der Waals surface area contributed by atoms with Crippen molar-refractivity contribution in [1.82, 2.24) is 0 Å². The van der Waals surface area contributed by atoms with Gasteiger partial charge < -0.3 is 4.84 Å². The van der Waals surface area contributed by atoms with Gasteiger partial charge in [0.2, 0.25) is 0 Å². The molecule has 1 aliphatic rings. The predicted molar refractivity (Wildman–Crippen MR) is 66.7 cm³/mol. The van der Waals surface area contributed by atoms with Gasteiger partial charge in [0.25, 0.3) is 0 Å². The third-order valence-corrected chi connectivity index (χ3v) is 2.88. The molecule has 0 atom stereocenters. The van der Waals surface area contributed by atoms with E-state index in [0.29, 0.717) is 0 Å². The maximum atomic E-state index is 12.7. The summed E-state index contributed by atoms with van der Waals surface area (Å²) in [6.07, 6.45) is 2.53. The highest BCUT2D eigenvalue weighted by atomic mass is 19.4. The molecule has 102 valence electrons. The van der Waals surface area contributed by atoms with E-state index in [1.165, 1.54) is 18.2 Å². The topological polar surface area (TPSA) is 21.6 Å². The van der Waals surface area contributed by atoms with E-state index >= 15 is 0 Å². The number of rotatable bonds is 3. The first-order chi connectivity index (χ1) is 9.07. The molecule has 0 heterocycles. The number of alkyl halides is 3. The van der Waals surface area contributed by atoms with Crippen molar-refractivity contribution >= 4 is 6.21 Å². The summed E-state index contributed by atoms with van der Waals surface area (Å²) in [5.74, 6) is 0.729. The Bertz CT molecular complexity index is 492. The molecule has 1 aliphatic carbocycles. The van der Waals surface area contributed by atoms with E-state index in [4.69, 9.17) is 4.84 Å². The lowest BCUT2D eigenvalue weighted by Gasteiger charge is -2.10. The van der Waals surface area contributed by atoms with E-state index in [0.717, 1.165) is 43.7 Å². The lowest BCUT2D eigenvalue weighted by atomic mass is 10.1. The van der Waals surface area contributed by atoms with Gasteiger partial charge in [0.05, 0.1) is 11.8 Å². The molecule has 0 saturated heterocycles. The van der Waals surface area contributed by atoms with Gasteiger partial charge in [-0.15, -0.1) is 0 Å². The molecule has 2 nitrogen and oxygen atoms in total. The largest absolute Gasteiger partial charge is 0.417 e. The first-order valence-corrected chi connectivity index (χ1v) is 6.13. The number of allylic oxidation sites excluding steroid dienone is 2. The molecule has 5 heteroatoms. The van der Waals surface area contributed by atoms with Gasteiger partial charge in [-0.25, -0.2) is 0 Å². The summed E-state index contributed by atoms with van der Waals surface area (Å²) in [5.41, 5.74) is -0.702. The Labute approximate surface area is 109 Å². The van der Waals surface area contributed by atoms with Gasteiger partial charge in [-0.3, -0.25) is 0 Å². The standard InChI is InChI=1S/C14H14F3NO/c15-14(16,17)13-9-5-4-6-11(13)10-18-19-12-7-2-1-3-8-12/h4-7,9-10H,1-3,8H2. The highest BCUT2D eigenvalue weighted by molar-refractivity contribution is 5.81. The fraction of sp³-hybridized carbons (Fsp3) is 0.357. The normalized spacial score (nSPS) is 16.5. The van der Waals surface area contributed by atoms with E-state index in [2.05, 4.69) is 5.16 Å². The molecule has 0 aliphatic heterocycles. The Morgan fingerprint density at radius 1 is 1.16 bits per heavy atom. The molecule has 19 heavy (non-hydrogen) atoms. The van der Waals surface area contributed by atoms with Crippen molar-refractivity contribution in [3.05, 3.63) is 47.2 Å². The summed E-state index contributed by atoms with van der Waals surface area (Å²) in [6.45, 7) is 0. The first kappa shape index (κ1) is 13.6. The Balaban J connectivity index is 2.08. The lowest BCUT2D eigenvalue weighted by Crippen LogP contribution is -2.08. The number of benzene rings is 1. The third kappa shape index (κ3) is 3.84. The summed E-state index contributed by atoms with van der Waals surface area (Å²) in [4.78, 5) is 5.12. The maximum absolute atomic E-state index is 12.7. The Morgan fingerprint density at radius 3 is 2.63 bits per heavy atom. The molecule has 0 spiro atoms. The SMILES string of the molecule is FC(F)(F)c1ccccc1C=NOC1=CCCCC1. The van der Waals surface area contributed by atoms with Crippen LogP contribution < -0.4 is 0 Å². The highest BCUT2D eigenvalue weighted by Crippen LogP contribution is 2.31. The first-order valence-electron chi connectivity index (χ1n) is 6.13. The molecule has 1 aromatic rings. The van der Waals surface area contributed by atoms with Gasteiger partial charge in [-0.05, 0) is 31.4 Å². The minimum Gasteiger partial charge on any atom is -0.362 e. The van der Waals surface area contributed by atoms with Crippen LogP contribution in [0.5, 0.6) is 0 Å². The third-order valence-electron chi connectivity index (χ3n) is 2.88. The Morgan fingerprint density at radius 2 is 1.95 bits per heavy atom. The minimum atomic E-state index is -4.38. The molecule has 0 bridgehead atoms. The van der Waals surface area contributed by atoms with E-state index in [1.54, 1.807) is 0 Å². The van der Waals surface area contributed by atoms with Crippen LogP contribution in [0.15, 0.2) is 41.3 Å². The monoisotopic (exact) mass is 269 g/mol. The van der Waals surface area contributed by atoms with Gasteiger partial charge in [0.15, 0.2) is 0 Å². The molecule has 2 rings (SSSR count). The molecular weight excluding hydrogens is 255 g/mol. The molecule has 1 aromatic carbocycles. The fourth-order valence-corrected chi connectivity index (χ4v) is 1.91. The van der Waals surface area contributed by atoms with Gasteiger partial charge in [0, 0.05) is 12.0 Å². The predicted octanol–water partition coefficient (Wildman–Crippen LogP) is 4.51. The Hall–Kier alpha value is -1.78. The molecule has 0 unspecified atom stereocenters. The van der Waals surface area contributed by atoms with Crippen LogP contribution >= 0.6 is 0 Å². The number of oxime groups is 1. The zero-order chi connectivity index (χ0) is 13.7. The zero-order valence-electron chi connectivity index (χ0n) is 10.3. The van der Waals surface area contributed by atoms with Crippen molar-refractivity contribution in [2.24, 2.45) is 5.16 Å². The second-order valence-electron chi connectivity index (χ2n) is 4.33. The lowest BCUT2D eigenvalue weighted by molar-refractivity contribution is -0.137. The number of halogens is 3. The Kier molecular flexibility index (Phi) is 4.24. The van der Waals surface area contributed by atoms with Crippen molar-refractivity contribution in [3.8, 4) is 0 Å². The average Bonchev–Trinajstić information content (AvgIpc) is 2.39. The average molecular weight is 269 g/mol. The zero-order valence-corrected chi connectivity index (χ0v) is 10.3. The summed E-state index contributed by atoms with van der Waals surface area (Å²) in [5, 5.41) is 3.65. The van der Waals surface area contributed by atoms with Gasteiger partial charge in [0.1, 0.15) is 5.76 Å². The van der Waals surface area contributed by atoms with Crippen LogP contribution in [0, 0.1) is 0 Å². The van der Waals surface area contributed by atoms with E-state index in [-0.39, 0.29) is 5.56 Å². The molecule has 0 saturated carbocycles. The van der Waals surface area contributed by atoms with Crippen molar-refractivity contribution in [1.29, 1.82) is 0 Å². The molecule has 0 radical (unpaired) electrons. The van der Waals surface area contributed by atoms with Gasteiger partial charge in [-0.1, -0.05) is 23.4 Å². The van der Waals surface area contributed by atoms with Crippen molar-refractivity contribution in [2.75, 3.05) is 0 Å². The van der Waals surface area contributed by atoms with Crippen molar-refractivity contribution < 1.29 is 18.0 Å². The fourth-order valence-electron chi connectivity index (χ4n) is 1.91. The van der Waals surface area contributed by atoms with Crippen molar-refractivity contribution in [2.45, 2.75) is 31.9 Å². The maximum Gasteiger partial charge on any atom is 0.417 e. The molecule has 0 amide bonds. The molecule has 0 aromatic heterocycles. The van der Waals surface area contributed by atoms with Crippen LogP contribution in [0.1, 0.15) is 36.8 Å². The number of hydrogen-bond donors (Lipinski definition) is 0. The summed E-state index contributed by atoms with van der Waals surface area (Å²) >= 11 is 0. The second kappa shape index (κ2) is 5.91. The molecular formula is C14H14F3NO. The van der Waals surface area contributed by atoms with Crippen LogP contribution in [0.3, 0.4) is 0 Å². The van der Waals surface area contributed by atoms with Crippen molar-refractivity contribution in [3.63, 3.8) is 0 Å². The summed E-state index contributed by atoms with van der Waals surface area (Å²) < 4.78 is 38.1.